The molecule has 1 aromatic carbocycles. The van der Waals surface area contributed by atoms with E-state index in [1.165, 1.54) is 6.92 Å². The predicted octanol–water partition coefficient (Wildman–Crippen LogP) is 6.01. The van der Waals surface area contributed by atoms with Crippen LogP contribution in [0.2, 0.25) is 5.02 Å². The molecule has 3 aliphatic rings. The number of halogens is 16. The molecule has 46 heavy (non-hydrogen) atoms. The normalized spacial score (nSPS) is 23.0. The maximum Gasteiger partial charge on any atom is 0.460 e. The highest BCUT2D eigenvalue weighted by molar-refractivity contribution is 6.33. The van der Waals surface area contributed by atoms with Crippen molar-refractivity contribution in [3.05, 3.63) is 28.3 Å². The third-order valence-corrected chi connectivity index (χ3v) is 8.33. The van der Waals surface area contributed by atoms with Gasteiger partial charge in [0.15, 0.2) is 0 Å². The van der Waals surface area contributed by atoms with E-state index in [-0.39, 0.29) is 21.8 Å². The highest BCUT2D eigenvalue weighted by atomic mass is 35.5. The molecule has 1 aromatic rings. The van der Waals surface area contributed by atoms with Crippen molar-refractivity contribution in [1.29, 1.82) is 5.26 Å². The third kappa shape index (κ3) is 4.11. The summed E-state index contributed by atoms with van der Waals surface area (Å²) in [6, 6.07) is -2.92. The van der Waals surface area contributed by atoms with E-state index in [9.17, 15) is 80.2 Å². The number of nitrogens with zero attached hydrogens (tertiary/aromatic N) is 4. The van der Waals surface area contributed by atoms with Gasteiger partial charge in [-0.25, -0.2) is 9.69 Å². The summed E-state index contributed by atoms with van der Waals surface area (Å²) < 4.78 is 204. The molecule has 2 bridgehead atoms. The van der Waals surface area contributed by atoms with Crippen LogP contribution in [0.5, 0.6) is 0 Å². The Morgan fingerprint density at radius 1 is 0.848 bits per heavy atom. The number of piperazine rings is 1. The lowest BCUT2D eigenvalue weighted by molar-refractivity contribution is -0.450. The van der Waals surface area contributed by atoms with Crippen LogP contribution in [0.1, 0.15) is 17.5 Å². The standard InChI is InChI=1S/C23H12ClF15N4O3/c1-7-10(3-2-8(5-40)12(7)24)43-14(44)13-11-4-9(42(13)16(43)46)6-41(11)15(45)17(25,26)18(27,28)19(29,30)20(31,32)21(33,34)22(35,36)23(37,38)39/h2-3,9,11,13H,4,6H2,1H3/t9-,11?,13?/m1/s1. The van der Waals surface area contributed by atoms with Gasteiger partial charge in [-0.2, -0.15) is 71.1 Å². The van der Waals surface area contributed by atoms with Gasteiger partial charge in [0.25, 0.3) is 11.8 Å². The second kappa shape index (κ2) is 9.93. The first-order chi connectivity index (χ1) is 20.6. The van der Waals surface area contributed by atoms with Crippen LogP contribution in [-0.2, 0) is 9.59 Å². The number of nitriles is 1. The van der Waals surface area contributed by atoms with Crippen LogP contribution >= 0.6 is 11.6 Å². The molecule has 3 aliphatic heterocycles. The van der Waals surface area contributed by atoms with Crippen LogP contribution in [0, 0.1) is 18.3 Å². The van der Waals surface area contributed by atoms with Crippen LogP contribution in [0.4, 0.5) is 76.3 Å². The first-order valence-electron chi connectivity index (χ1n) is 12.1. The van der Waals surface area contributed by atoms with Crippen LogP contribution in [-0.4, -0.2) is 94.0 Å². The van der Waals surface area contributed by atoms with Crippen molar-refractivity contribution >= 4 is 35.1 Å². The number of anilines is 1. The predicted molar refractivity (Wildman–Crippen MR) is 119 cm³/mol. The lowest BCUT2D eigenvalue weighted by Gasteiger charge is -2.42. The number of amides is 4. The highest BCUT2D eigenvalue weighted by Crippen LogP contribution is 2.62. The fourth-order valence-electron chi connectivity index (χ4n) is 5.40. The molecular formula is C23H12ClF15N4O3. The molecule has 3 heterocycles. The van der Waals surface area contributed by atoms with E-state index >= 15 is 0 Å². The minimum Gasteiger partial charge on any atom is -0.330 e. The Labute approximate surface area is 250 Å². The van der Waals surface area contributed by atoms with E-state index in [4.69, 9.17) is 16.9 Å². The van der Waals surface area contributed by atoms with E-state index in [1.807, 2.05) is 0 Å². The topological polar surface area (TPSA) is 84.7 Å². The quantitative estimate of drug-likeness (QED) is 0.256. The molecule has 7 nitrogen and oxygen atoms in total. The second-order valence-electron chi connectivity index (χ2n) is 10.3. The van der Waals surface area contributed by atoms with Gasteiger partial charge >= 0.3 is 47.7 Å². The molecule has 4 amide bonds. The molecule has 0 saturated carbocycles. The van der Waals surface area contributed by atoms with Crippen molar-refractivity contribution in [1.82, 2.24) is 9.80 Å². The van der Waals surface area contributed by atoms with E-state index in [1.54, 1.807) is 6.07 Å². The third-order valence-electron chi connectivity index (χ3n) is 7.84. The zero-order valence-corrected chi connectivity index (χ0v) is 22.6. The number of hydrogen-bond acceptors (Lipinski definition) is 4. The van der Waals surface area contributed by atoms with Gasteiger partial charge in [-0.15, -0.1) is 0 Å². The smallest absolute Gasteiger partial charge is 0.330 e. The number of rotatable bonds is 7. The molecule has 2 unspecified atom stereocenters. The van der Waals surface area contributed by atoms with Crippen LogP contribution in [0.25, 0.3) is 0 Å². The minimum atomic E-state index is -8.57. The fraction of sp³-hybridized carbons (Fsp3) is 0.565. The summed E-state index contributed by atoms with van der Waals surface area (Å²) >= 11 is 6.01. The van der Waals surface area contributed by atoms with Crippen molar-refractivity contribution in [2.24, 2.45) is 0 Å². The van der Waals surface area contributed by atoms with Gasteiger partial charge in [-0.1, -0.05) is 11.6 Å². The molecule has 3 saturated heterocycles. The molecule has 254 valence electrons. The van der Waals surface area contributed by atoms with E-state index in [0.29, 0.717) is 9.80 Å². The molecule has 3 fully saturated rings. The molecule has 0 aromatic heterocycles. The average molecular weight is 713 g/mol. The van der Waals surface area contributed by atoms with Gasteiger partial charge in [0, 0.05) is 6.54 Å². The monoisotopic (exact) mass is 712 g/mol. The van der Waals surface area contributed by atoms with Crippen molar-refractivity contribution in [3.8, 4) is 6.07 Å². The lowest BCUT2D eigenvalue weighted by atomic mass is 9.90. The van der Waals surface area contributed by atoms with Crippen LogP contribution in [0.15, 0.2) is 12.1 Å². The van der Waals surface area contributed by atoms with Crippen molar-refractivity contribution in [2.45, 2.75) is 73.2 Å². The molecule has 0 aliphatic carbocycles. The molecular weight excluding hydrogens is 701 g/mol. The fourth-order valence-corrected chi connectivity index (χ4v) is 5.60. The summed E-state index contributed by atoms with van der Waals surface area (Å²) in [4.78, 5) is 39.4. The van der Waals surface area contributed by atoms with Gasteiger partial charge in [0.05, 0.1) is 28.4 Å². The summed E-state index contributed by atoms with van der Waals surface area (Å²) in [5.41, 5.74) is -0.447. The molecule has 0 spiro atoms. The van der Waals surface area contributed by atoms with Crippen molar-refractivity contribution in [3.63, 3.8) is 0 Å². The SMILES string of the molecule is Cc1c(N2C(=O)C3C4C[C@H](CN4C(=O)C(F)(F)C(F)(F)C(F)(F)C(F)(F)C(F)(F)C(F)(F)C(F)(F)F)N3C2=O)ccc(C#N)c1Cl. The Hall–Kier alpha value is -3.64. The Morgan fingerprint density at radius 3 is 1.85 bits per heavy atom. The maximum atomic E-state index is 14.7. The van der Waals surface area contributed by atoms with Crippen LogP contribution < -0.4 is 4.90 Å². The molecule has 4 rings (SSSR count). The van der Waals surface area contributed by atoms with Gasteiger partial charge in [-0.05, 0) is 31.0 Å². The zero-order valence-electron chi connectivity index (χ0n) is 21.9. The summed E-state index contributed by atoms with van der Waals surface area (Å²) in [5.74, 6) is -53.8. The highest BCUT2D eigenvalue weighted by Gasteiger charge is 2.94. The van der Waals surface area contributed by atoms with E-state index in [2.05, 4.69) is 0 Å². The molecule has 23 heteroatoms. The second-order valence-corrected chi connectivity index (χ2v) is 10.7. The van der Waals surface area contributed by atoms with Gasteiger partial charge in [-0.3, -0.25) is 9.59 Å². The van der Waals surface area contributed by atoms with Crippen molar-refractivity contribution in [2.75, 3.05) is 11.4 Å². The Bertz CT molecular complexity index is 1560. The maximum absolute atomic E-state index is 14.7. The summed E-state index contributed by atoms with van der Waals surface area (Å²) in [6.07, 6.45) is -8.44. The van der Waals surface area contributed by atoms with Crippen LogP contribution in [0.3, 0.4) is 0 Å². The zero-order chi connectivity index (χ0) is 35.5. The Morgan fingerprint density at radius 2 is 1.35 bits per heavy atom. The number of alkyl halides is 15. The van der Waals surface area contributed by atoms with Crippen molar-refractivity contribution < 1.29 is 80.2 Å². The minimum absolute atomic E-state index is 0.0499. The largest absolute Gasteiger partial charge is 0.460 e. The first-order valence-corrected chi connectivity index (χ1v) is 12.5. The number of urea groups is 1. The van der Waals surface area contributed by atoms with Gasteiger partial charge < -0.3 is 9.80 Å². The van der Waals surface area contributed by atoms with E-state index in [0.717, 1.165) is 12.1 Å². The molecule has 0 radical (unpaired) electrons. The number of carbonyl (C=O) groups is 3. The number of imide groups is 1. The summed E-state index contributed by atoms with van der Waals surface area (Å²) in [6.45, 7) is -0.0183. The number of carbonyl (C=O) groups excluding carboxylic acids is 3. The summed E-state index contributed by atoms with van der Waals surface area (Å²) in [7, 11) is 0. The Kier molecular flexibility index (Phi) is 7.60. The Balaban J connectivity index is 1.67. The lowest BCUT2D eigenvalue weighted by Crippen LogP contribution is -2.74. The summed E-state index contributed by atoms with van der Waals surface area (Å²) in [5, 5.41) is 8.83. The number of benzene rings is 1. The van der Waals surface area contributed by atoms with Gasteiger partial charge in [0.2, 0.25) is 0 Å². The van der Waals surface area contributed by atoms with E-state index < -0.39 is 95.5 Å². The first kappa shape index (κ1) is 35.2. The van der Waals surface area contributed by atoms with Gasteiger partial charge in [0.1, 0.15) is 12.1 Å². The number of fused-ring (bicyclic) bond motifs is 5. The number of likely N-dealkylation sites (tertiary alicyclic amines) is 1. The number of hydrogen-bond donors (Lipinski definition) is 0. The molecule has 3 atom stereocenters. The molecule has 0 N–H and O–H groups in total. The average Bonchev–Trinajstić information content (AvgIpc) is 3.60.